The lowest BCUT2D eigenvalue weighted by atomic mass is 9.68. The highest BCUT2D eigenvalue weighted by Crippen LogP contribution is 2.43. The van der Waals surface area contributed by atoms with E-state index in [4.69, 9.17) is 0 Å². The average Bonchev–Trinajstić information content (AvgIpc) is 2.83. The van der Waals surface area contributed by atoms with Crippen LogP contribution in [0.1, 0.15) is 95.1 Å². The highest BCUT2D eigenvalue weighted by molar-refractivity contribution is 5.84. The molecule has 0 atom stereocenters. The molecule has 32 heavy (non-hydrogen) atoms. The van der Waals surface area contributed by atoms with Crippen LogP contribution in [-0.4, -0.2) is 0 Å². The van der Waals surface area contributed by atoms with Crippen LogP contribution in [0.4, 0.5) is 4.39 Å². The van der Waals surface area contributed by atoms with Gasteiger partial charge in [-0.2, -0.15) is 0 Å². The quantitative estimate of drug-likeness (QED) is 0.345. The van der Waals surface area contributed by atoms with Crippen molar-refractivity contribution in [3.63, 3.8) is 0 Å². The Morgan fingerprint density at radius 3 is 2.12 bits per heavy atom. The highest BCUT2D eigenvalue weighted by Gasteiger charge is 2.30. The van der Waals surface area contributed by atoms with Gasteiger partial charge in [-0.15, -0.1) is 6.58 Å². The molecule has 0 N–H and O–H groups in total. The molecule has 174 valence electrons. The summed E-state index contributed by atoms with van der Waals surface area (Å²) in [5.41, 5.74) is 2.23. The summed E-state index contributed by atoms with van der Waals surface area (Å²) in [5, 5.41) is 1.85. The van der Waals surface area contributed by atoms with Crippen LogP contribution >= 0.6 is 0 Å². The maximum atomic E-state index is 15.1. The van der Waals surface area contributed by atoms with Crippen LogP contribution in [0.15, 0.2) is 43.0 Å². The molecule has 0 saturated heterocycles. The lowest BCUT2D eigenvalue weighted by Gasteiger charge is -2.38. The SMILES string of the molecule is C=CCCC1CCC(C2CCC(CCc3ccc4cc(CCC)ccc4c3F)CC2)CC1. The van der Waals surface area contributed by atoms with Crippen molar-refractivity contribution in [3.05, 3.63) is 59.9 Å². The third kappa shape index (κ3) is 5.83. The number of benzene rings is 2. The molecule has 2 saturated carbocycles. The lowest BCUT2D eigenvalue weighted by molar-refractivity contribution is 0.141. The number of aryl methyl sites for hydroxylation is 2. The molecule has 0 heterocycles. The summed E-state index contributed by atoms with van der Waals surface area (Å²) in [5.74, 6) is 3.70. The molecule has 1 heteroatoms. The van der Waals surface area contributed by atoms with Crippen LogP contribution in [0.5, 0.6) is 0 Å². The van der Waals surface area contributed by atoms with Crippen molar-refractivity contribution >= 4 is 10.8 Å². The van der Waals surface area contributed by atoms with Gasteiger partial charge < -0.3 is 0 Å². The van der Waals surface area contributed by atoms with Gasteiger partial charge in [0.25, 0.3) is 0 Å². The number of hydrogen-bond acceptors (Lipinski definition) is 0. The minimum Gasteiger partial charge on any atom is -0.206 e. The number of hydrogen-bond donors (Lipinski definition) is 0. The highest BCUT2D eigenvalue weighted by atomic mass is 19.1. The van der Waals surface area contributed by atoms with Crippen LogP contribution in [0.25, 0.3) is 10.8 Å². The second-order valence-electron chi connectivity index (χ2n) is 10.8. The molecule has 2 aliphatic rings. The Morgan fingerprint density at radius 2 is 1.50 bits per heavy atom. The minimum atomic E-state index is 0.0208. The van der Waals surface area contributed by atoms with Crippen molar-refractivity contribution in [2.45, 2.75) is 96.8 Å². The molecule has 0 spiro atoms. The first-order chi connectivity index (χ1) is 15.7. The van der Waals surface area contributed by atoms with E-state index in [-0.39, 0.29) is 5.82 Å². The van der Waals surface area contributed by atoms with Gasteiger partial charge in [0, 0.05) is 5.39 Å². The molecule has 2 fully saturated rings. The maximum Gasteiger partial charge on any atom is 0.134 e. The second-order valence-corrected chi connectivity index (χ2v) is 10.8. The van der Waals surface area contributed by atoms with Gasteiger partial charge >= 0.3 is 0 Å². The summed E-state index contributed by atoms with van der Waals surface area (Å²) in [6, 6.07) is 10.4. The summed E-state index contributed by atoms with van der Waals surface area (Å²) >= 11 is 0. The number of halogens is 1. The van der Waals surface area contributed by atoms with Crippen molar-refractivity contribution < 1.29 is 4.39 Å². The maximum absolute atomic E-state index is 15.1. The van der Waals surface area contributed by atoms with Crippen molar-refractivity contribution in [2.75, 3.05) is 0 Å². The van der Waals surface area contributed by atoms with Crippen molar-refractivity contribution in [3.8, 4) is 0 Å². The zero-order chi connectivity index (χ0) is 22.3. The first-order valence-corrected chi connectivity index (χ1v) is 13.5. The predicted molar refractivity (Wildman–Crippen MR) is 137 cm³/mol. The Bertz CT molecular complexity index is 865. The van der Waals surface area contributed by atoms with Crippen LogP contribution in [0.3, 0.4) is 0 Å². The van der Waals surface area contributed by atoms with Crippen molar-refractivity contribution in [2.24, 2.45) is 23.7 Å². The Labute approximate surface area is 195 Å². The lowest BCUT2D eigenvalue weighted by Crippen LogP contribution is -2.26. The molecular weight excluding hydrogens is 391 g/mol. The Kier molecular flexibility index (Phi) is 8.44. The van der Waals surface area contributed by atoms with Crippen LogP contribution in [-0.2, 0) is 12.8 Å². The molecule has 0 amide bonds. The summed E-state index contributed by atoms with van der Waals surface area (Å²) in [7, 11) is 0. The normalized spacial score (nSPS) is 26.3. The molecule has 0 aliphatic heterocycles. The molecule has 0 radical (unpaired) electrons. The van der Waals surface area contributed by atoms with E-state index in [1.54, 1.807) is 0 Å². The van der Waals surface area contributed by atoms with E-state index in [1.165, 1.54) is 69.8 Å². The smallest absolute Gasteiger partial charge is 0.134 e. The summed E-state index contributed by atoms with van der Waals surface area (Å²) in [6.45, 7) is 6.07. The van der Waals surface area contributed by atoms with Gasteiger partial charge in [-0.3, -0.25) is 0 Å². The van der Waals surface area contributed by atoms with Crippen molar-refractivity contribution in [1.29, 1.82) is 0 Å². The Morgan fingerprint density at radius 1 is 0.844 bits per heavy atom. The molecule has 0 aromatic heterocycles. The van der Waals surface area contributed by atoms with E-state index in [9.17, 15) is 0 Å². The standard InChI is InChI=1S/C31H43F/c1-3-5-7-23-8-14-26(15-9-23)27-16-10-24(11-17-27)12-18-28-19-20-29-22-25(6-4-2)13-21-30(29)31(28)32/h3,13,19-24,26-27H,1,4-12,14-18H2,2H3. The fraction of sp³-hybridized carbons (Fsp3) is 0.613. The Balaban J connectivity index is 1.24. The van der Waals surface area contributed by atoms with Gasteiger partial charge in [0.2, 0.25) is 0 Å². The van der Waals surface area contributed by atoms with Gasteiger partial charge in [0.1, 0.15) is 5.82 Å². The van der Waals surface area contributed by atoms with Crippen LogP contribution in [0.2, 0.25) is 0 Å². The summed E-state index contributed by atoms with van der Waals surface area (Å²) in [4.78, 5) is 0. The van der Waals surface area contributed by atoms with E-state index in [1.807, 2.05) is 12.1 Å². The summed E-state index contributed by atoms with van der Waals surface area (Å²) < 4.78 is 15.1. The molecule has 0 unspecified atom stereocenters. The number of rotatable bonds is 9. The van der Waals surface area contributed by atoms with Crippen LogP contribution in [0, 0.1) is 29.5 Å². The van der Waals surface area contributed by atoms with Gasteiger partial charge in [0.15, 0.2) is 0 Å². The average molecular weight is 435 g/mol. The van der Waals surface area contributed by atoms with Crippen LogP contribution < -0.4 is 0 Å². The van der Waals surface area contributed by atoms with E-state index in [0.717, 1.165) is 65.7 Å². The van der Waals surface area contributed by atoms with E-state index in [2.05, 4.69) is 37.8 Å². The zero-order valence-corrected chi connectivity index (χ0v) is 20.3. The molecule has 2 aromatic carbocycles. The fourth-order valence-electron chi connectivity index (χ4n) is 6.63. The van der Waals surface area contributed by atoms with E-state index < -0.39 is 0 Å². The largest absolute Gasteiger partial charge is 0.206 e. The van der Waals surface area contributed by atoms with Gasteiger partial charge in [-0.05, 0) is 98.0 Å². The summed E-state index contributed by atoms with van der Waals surface area (Å²) in [6.07, 6.45) is 20.2. The second kappa shape index (κ2) is 11.5. The van der Waals surface area contributed by atoms with Gasteiger partial charge in [0.05, 0.1) is 0 Å². The molecule has 2 aromatic rings. The number of allylic oxidation sites excluding steroid dienone is 1. The fourth-order valence-corrected chi connectivity index (χ4v) is 6.63. The molecule has 0 nitrogen and oxygen atoms in total. The van der Waals surface area contributed by atoms with Gasteiger partial charge in [-0.1, -0.05) is 75.4 Å². The predicted octanol–water partition coefficient (Wildman–Crippen LogP) is 9.44. The molecule has 0 bridgehead atoms. The third-order valence-electron chi connectivity index (χ3n) is 8.69. The number of fused-ring (bicyclic) bond motifs is 1. The topological polar surface area (TPSA) is 0 Å². The molecule has 2 aliphatic carbocycles. The van der Waals surface area contributed by atoms with E-state index in [0.29, 0.717) is 0 Å². The van der Waals surface area contributed by atoms with E-state index >= 15 is 4.39 Å². The van der Waals surface area contributed by atoms with Gasteiger partial charge in [-0.25, -0.2) is 4.39 Å². The minimum absolute atomic E-state index is 0.0208. The monoisotopic (exact) mass is 434 g/mol. The zero-order valence-electron chi connectivity index (χ0n) is 20.3. The van der Waals surface area contributed by atoms with Crippen molar-refractivity contribution in [1.82, 2.24) is 0 Å². The first-order valence-electron chi connectivity index (χ1n) is 13.5. The molecular formula is C31H43F. The third-order valence-corrected chi connectivity index (χ3v) is 8.69. The Hall–Kier alpha value is -1.63. The first kappa shape index (κ1) is 23.5. The molecule has 4 rings (SSSR count).